The van der Waals surface area contributed by atoms with Crippen LogP contribution < -0.4 is 9.64 Å². The molecule has 0 spiro atoms. The molecular formula is C24H32N2O3Si. The van der Waals surface area contributed by atoms with Crippen LogP contribution in [0.4, 0.5) is 5.69 Å². The molecule has 1 aromatic carbocycles. The fourth-order valence-corrected chi connectivity index (χ4v) is 4.98. The molecule has 1 amide bonds. The smallest absolute Gasteiger partial charge is 0.227 e. The van der Waals surface area contributed by atoms with Crippen LogP contribution in [-0.2, 0) is 22.1 Å². The number of hydrogen-bond acceptors (Lipinski definition) is 4. The zero-order valence-electron chi connectivity index (χ0n) is 18.7. The second-order valence-corrected chi connectivity index (χ2v) is 14.6. The number of carbonyl (C=O) groups excluding carboxylic acids is 1. The number of amides is 1. The van der Waals surface area contributed by atoms with Crippen LogP contribution in [0.3, 0.4) is 0 Å². The van der Waals surface area contributed by atoms with Gasteiger partial charge in [0.25, 0.3) is 0 Å². The third kappa shape index (κ3) is 4.03. The first kappa shape index (κ1) is 21.1. The summed E-state index contributed by atoms with van der Waals surface area (Å²) in [6, 6.07) is 6.47. The maximum atomic E-state index is 12.2. The topological polar surface area (TPSA) is 51.7 Å². The van der Waals surface area contributed by atoms with Crippen molar-refractivity contribution in [3.63, 3.8) is 0 Å². The van der Waals surface area contributed by atoms with Crippen LogP contribution in [0.25, 0.3) is 11.1 Å². The van der Waals surface area contributed by atoms with Crippen molar-refractivity contribution >= 4 is 19.9 Å². The molecule has 0 fully saturated rings. The molecule has 2 aliphatic heterocycles. The summed E-state index contributed by atoms with van der Waals surface area (Å²) >= 11 is 0. The molecule has 2 aliphatic rings. The van der Waals surface area contributed by atoms with Gasteiger partial charge >= 0.3 is 0 Å². The quantitative estimate of drug-likeness (QED) is 0.484. The van der Waals surface area contributed by atoms with Gasteiger partial charge in [-0.1, -0.05) is 20.8 Å². The molecule has 2 aromatic rings. The first-order valence-corrected chi connectivity index (χ1v) is 13.7. The van der Waals surface area contributed by atoms with Gasteiger partial charge < -0.3 is 14.1 Å². The lowest BCUT2D eigenvalue weighted by Crippen LogP contribution is -2.41. The number of carbonyl (C=O) groups is 1. The molecule has 30 heavy (non-hydrogen) atoms. The summed E-state index contributed by atoms with van der Waals surface area (Å²) in [6.07, 6.45) is 5.99. The summed E-state index contributed by atoms with van der Waals surface area (Å²) in [5, 5.41) is 0.197. The number of anilines is 1. The number of hydrogen-bond donors (Lipinski definition) is 0. The van der Waals surface area contributed by atoms with Gasteiger partial charge in [-0.15, -0.1) is 0 Å². The monoisotopic (exact) mass is 424 g/mol. The molecule has 0 bridgehead atoms. The first-order valence-electron chi connectivity index (χ1n) is 10.8. The highest BCUT2D eigenvalue weighted by molar-refractivity contribution is 6.74. The Labute approximate surface area is 180 Å². The Bertz CT molecular complexity index is 965. The van der Waals surface area contributed by atoms with Crippen molar-refractivity contribution in [3.8, 4) is 16.9 Å². The Morgan fingerprint density at radius 3 is 2.47 bits per heavy atom. The molecule has 5 nitrogen and oxygen atoms in total. The summed E-state index contributed by atoms with van der Waals surface area (Å²) in [7, 11) is -1.76. The number of rotatable bonds is 6. The van der Waals surface area contributed by atoms with Crippen LogP contribution in [0.15, 0.2) is 30.6 Å². The summed E-state index contributed by atoms with van der Waals surface area (Å²) in [5.41, 5.74) is 5.89. The van der Waals surface area contributed by atoms with E-state index in [9.17, 15) is 4.79 Å². The van der Waals surface area contributed by atoms with Gasteiger partial charge in [0.15, 0.2) is 8.32 Å². The van der Waals surface area contributed by atoms with Gasteiger partial charge in [0, 0.05) is 24.7 Å². The summed E-state index contributed by atoms with van der Waals surface area (Å²) in [5.74, 6) is 1.02. The number of pyridine rings is 1. The SMILES string of the molecule is CC(C)(C)[Si](C)(C)OCCOc1cncc(-c2cc3c4c(c2)CCN4C(=O)CC3)c1. The molecule has 4 rings (SSSR count). The van der Waals surface area contributed by atoms with Gasteiger partial charge in [0.1, 0.15) is 12.4 Å². The van der Waals surface area contributed by atoms with E-state index < -0.39 is 8.32 Å². The Kier molecular flexibility index (Phi) is 5.49. The predicted octanol–water partition coefficient (Wildman–Crippen LogP) is 4.98. The highest BCUT2D eigenvalue weighted by Crippen LogP contribution is 2.40. The third-order valence-electron chi connectivity index (χ3n) is 6.72. The van der Waals surface area contributed by atoms with Crippen molar-refractivity contribution in [2.75, 3.05) is 24.7 Å². The van der Waals surface area contributed by atoms with Crippen molar-refractivity contribution in [3.05, 3.63) is 41.7 Å². The number of nitrogens with zero attached hydrogens (tertiary/aromatic N) is 2. The average molecular weight is 425 g/mol. The van der Waals surface area contributed by atoms with Gasteiger partial charge in [-0.05, 0) is 65.9 Å². The van der Waals surface area contributed by atoms with E-state index in [1.165, 1.54) is 11.1 Å². The van der Waals surface area contributed by atoms with Crippen LogP contribution in [-0.4, -0.2) is 39.0 Å². The fourth-order valence-electron chi connectivity index (χ4n) is 3.95. The molecule has 0 radical (unpaired) electrons. The van der Waals surface area contributed by atoms with Crippen molar-refractivity contribution in [2.24, 2.45) is 0 Å². The van der Waals surface area contributed by atoms with E-state index in [0.717, 1.165) is 42.0 Å². The molecule has 160 valence electrons. The zero-order chi connectivity index (χ0) is 21.5. The normalized spacial score (nSPS) is 16.0. The molecule has 0 aliphatic carbocycles. The molecule has 0 saturated heterocycles. The Morgan fingerprint density at radius 2 is 1.73 bits per heavy atom. The van der Waals surface area contributed by atoms with Crippen LogP contribution in [0.2, 0.25) is 18.1 Å². The Morgan fingerprint density at radius 1 is 1.00 bits per heavy atom. The molecule has 0 N–H and O–H groups in total. The predicted molar refractivity (Wildman–Crippen MR) is 123 cm³/mol. The maximum absolute atomic E-state index is 12.2. The number of ether oxygens (including phenoxy) is 1. The van der Waals surface area contributed by atoms with Gasteiger partial charge in [-0.2, -0.15) is 0 Å². The van der Waals surface area contributed by atoms with Crippen LogP contribution in [0, 0.1) is 0 Å². The number of benzene rings is 1. The van der Waals surface area contributed by atoms with Crippen molar-refractivity contribution in [2.45, 2.75) is 58.2 Å². The van der Waals surface area contributed by atoms with Crippen LogP contribution >= 0.6 is 0 Å². The van der Waals surface area contributed by atoms with Gasteiger partial charge in [-0.3, -0.25) is 9.78 Å². The Hall–Kier alpha value is -2.18. The summed E-state index contributed by atoms with van der Waals surface area (Å²) in [6.45, 7) is 13.2. The largest absolute Gasteiger partial charge is 0.490 e. The van der Waals surface area contributed by atoms with Crippen LogP contribution in [0.5, 0.6) is 5.75 Å². The zero-order valence-corrected chi connectivity index (χ0v) is 19.7. The minimum Gasteiger partial charge on any atom is -0.490 e. The molecule has 1 aromatic heterocycles. The molecule has 6 heteroatoms. The second-order valence-electron chi connectivity index (χ2n) is 9.81. The number of aromatic nitrogens is 1. The van der Waals surface area contributed by atoms with E-state index in [0.29, 0.717) is 19.6 Å². The van der Waals surface area contributed by atoms with E-state index in [-0.39, 0.29) is 10.9 Å². The lowest BCUT2D eigenvalue weighted by Gasteiger charge is -2.36. The Balaban J connectivity index is 1.45. The third-order valence-corrected chi connectivity index (χ3v) is 11.3. The molecule has 0 atom stereocenters. The highest BCUT2D eigenvalue weighted by atomic mass is 28.4. The lowest BCUT2D eigenvalue weighted by atomic mass is 9.94. The molecular weight excluding hydrogens is 392 g/mol. The maximum Gasteiger partial charge on any atom is 0.227 e. The summed E-state index contributed by atoms with van der Waals surface area (Å²) < 4.78 is 12.1. The van der Waals surface area contributed by atoms with Crippen molar-refractivity contribution in [1.29, 1.82) is 0 Å². The van der Waals surface area contributed by atoms with Crippen molar-refractivity contribution in [1.82, 2.24) is 4.98 Å². The average Bonchev–Trinajstić information content (AvgIpc) is 3.13. The van der Waals surface area contributed by atoms with Gasteiger partial charge in [-0.25, -0.2) is 0 Å². The van der Waals surface area contributed by atoms with E-state index in [2.05, 4.69) is 57.0 Å². The second kappa shape index (κ2) is 7.82. The van der Waals surface area contributed by atoms with Gasteiger partial charge in [0.2, 0.25) is 5.91 Å². The van der Waals surface area contributed by atoms with Crippen LogP contribution in [0.1, 0.15) is 38.3 Å². The number of aryl methyl sites for hydroxylation is 1. The minimum atomic E-state index is -1.76. The molecule has 0 saturated carbocycles. The highest BCUT2D eigenvalue weighted by Gasteiger charge is 2.37. The van der Waals surface area contributed by atoms with E-state index in [1.807, 2.05) is 11.1 Å². The molecule has 3 heterocycles. The summed E-state index contributed by atoms with van der Waals surface area (Å²) in [4.78, 5) is 18.5. The van der Waals surface area contributed by atoms with E-state index in [4.69, 9.17) is 9.16 Å². The van der Waals surface area contributed by atoms with Crippen molar-refractivity contribution < 1.29 is 14.0 Å². The van der Waals surface area contributed by atoms with E-state index in [1.54, 1.807) is 6.20 Å². The molecule has 0 unspecified atom stereocenters. The van der Waals surface area contributed by atoms with E-state index >= 15 is 0 Å². The van der Waals surface area contributed by atoms with Gasteiger partial charge in [0.05, 0.1) is 18.5 Å². The lowest BCUT2D eigenvalue weighted by molar-refractivity contribution is -0.118. The standard InChI is InChI=1S/C24H32N2O3Si/c1-24(2,3)30(4,5)29-11-10-28-21-14-20(15-25-16-21)19-12-17-6-7-22(27)26-9-8-18(13-19)23(17)26/h12-16H,6-11H2,1-5H3. The first-order chi connectivity index (χ1) is 14.2. The minimum absolute atomic E-state index is 0.197. The fraction of sp³-hybridized carbons (Fsp3) is 0.500.